The van der Waals surface area contributed by atoms with Crippen LogP contribution in [0.1, 0.15) is 0 Å². The minimum atomic E-state index is -4.36. The first-order chi connectivity index (χ1) is 8.47. The lowest BCUT2D eigenvalue weighted by molar-refractivity contribution is -0.173. The highest BCUT2D eigenvalue weighted by Gasteiger charge is 2.27. The first kappa shape index (κ1) is 14.3. The van der Waals surface area contributed by atoms with Crippen LogP contribution >= 0.6 is 0 Å². The number of rotatable bonds is 5. The number of carbonyl (C=O) groups is 1. The number of hydrogen-bond acceptors (Lipinski definition) is 3. The number of hydrogen-bond donors (Lipinski definition) is 1. The molecule has 0 heterocycles. The molecule has 1 rings (SSSR count). The molecule has 1 amide bonds. The van der Waals surface area contributed by atoms with Crippen LogP contribution in [0, 0.1) is 0 Å². The molecule has 1 N–H and O–H groups in total. The van der Waals surface area contributed by atoms with Gasteiger partial charge in [0.05, 0.1) is 6.61 Å². The van der Waals surface area contributed by atoms with E-state index in [1.807, 2.05) is 0 Å². The smallest absolute Gasteiger partial charge is 0.410 e. The van der Waals surface area contributed by atoms with Gasteiger partial charge in [0.15, 0.2) is 0 Å². The van der Waals surface area contributed by atoms with Gasteiger partial charge < -0.3 is 14.8 Å². The molecule has 0 aliphatic rings. The SMILES string of the molecule is O=C(NCCOCC(F)(F)F)Oc1ccccc1. The summed E-state index contributed by atoms with van der Waals surface area (Å²) in [5.41, 5.74) is 0. The molecule has 0 saturated carbocycles. The van der Waals surface area contributed by atoms with Crippen molar-refractivity contribution in [3.05, 3.63) is 30.3 Å². The molecule has 1 aromatic rings. The van der Waals surface area contributed by atoms with Gasteiger partial charge in [0, 0.05) is 6.54 Å². The second kappa shape index (κ2) is 6.85. The maximum absolute atomic E-state index is 11.7. The van der Waals surface area contributed by atoms with E-state index in [1.54, 1.807) is 30.3 Å². The Hall–Kier alpha value is -1.76. The molecule has 0 bridgehead atoms. The van der Waals surface area contributed by atoms with E-state index >= 15 is 0 Å². The van der Waals surface area contributed by atoms with Gasteiger partial charge in [-0.2, -0.15) is 13.2 Å². The molecule has 0 aromatic heterocycles. The van der Waals surface area contributed by atoms with Crippen LogP contribution in [0.25, 0.3) is 0 Å². The van der Waals surface area contributed by atoms with Crippen LogP contribution in [0.5, 0.6) is 5.75 Å². The van der Waals surface area contributed by atoms with E-state index in [4.69, 9.17) is 4.74 Å². The Balaban J connectivity index is 2.11. The van der Waals surface area contributed by atoms with Gasteiger partial charge in [-0.1, -0.05) is 18.2 Å². The lowest BCUT2D eigenvalue weighted by Crippen LogP contribution is -2.31. The van der Waals surface area contributed by atoms with E-state index in [9.17, 15) is 18.0 Å². The largest absolute Gasteiger partial charge is 0.412 e. The van der Waals surface area contributed by atoms with Crippen molar-refractivity contribution in [2.45, 2.75) is 6.18 Å². The summed E-state index contributed by atoms with van der Waals surface area (Å²) in [6.45, 7) is -1.62. The number of nitrogens with one attached hydrogen (secondary N) is 1. The topological polar surface area (TPSA) is 47.6 Å². The molecule has 0 radical (unpaired) electrons. The maximum Gasteiger partial charge on any atom is 0.412 e. The standard InChI is InChI=1S/C11H12F3NO3/c12-11(13,14)8-17-7-6-15-10(16)18-9-4-2-1-3-5-9/h1-5H,6-8H2,(H,15,16). The lowest BCUT2D eigenvalue weighted by atomic mass is 10.3. The molecule has 4 nitrogen and oxygen atoms in total. The van der Waals surface area contributed by atoms with Gasteiger partial charge >= 0.3 is 12.3 Å². The van der Waals surface area contributed by atoms with Crippen molar-refractivity contribution in [2.75, 3.05) is 19.8 Å². The third-order valence-electron chi connectivity index (χ3n) is 1.74. The number of halogens is 3. The van der Waals surface area contributed by atoms with Crippen LogP contribution in [0.2, 0.25) is 0 Å². The van der Waals surface area contributed by atoms with Crippen LogP contribution in [0.15, 0.2) is 30.3 Å². The molecule has 0 saturated heterocycles. The van der Waals surface area contributed by atoms with Gasteiger partial charge in [0.1, 0.15) is 12.4 Å². The molecule has 0 atom stereocenters. The molecular weight excluding hydrogens is 251 g/mol. The van der Waals surface area contributed by atoms with Gasteiger partial charge in [-0.15, -0.1) is 0 Å². The first-order valence-corrected chi connectivity index (χ1v) is 5.12. The molecule has 18 heavy (non-hydrogen) atoms. The second-order valence-electron chi connectivity index (χ2n) is 3.30. The molecule has 1 aromatic carbocycles. The van der Waals surface area contributed by atoms with Gasteiger partial charge in [-0.25, -0.2) is 4.79 Å². The Kier molecular flexibility index (Phi) is 5.44. The first-order valence-electron chi connectivity index (χ1n) is 5.12. The van der Waals surface area contributed by atoms with Crippen molar-refractivity contribution in [3.63, 3.8) is 0 Å². The number of para-hydroxylation sites is 1. The van der Waals surface area contributed by atoms with Crippen LogP contribution < -0.4 is 10.1 Å². The van der Waals surface area contributed by atoms with Crippen molar-refractivity contribution in [1.82, 2.24) is 5.32 Å². The lowest BCUT2D eigenvalue weighted by Gasteiger charge is -2.08. The fourth-order valence-corrected chi connectivity index (χ4v) is 1.04. The van der Waals surface area contributed by atoms with E-state index in [2.05, 4.69) is 10.1 Å². The Bertz CT molecular complexity index is 368. The maximum atomic E-state index is 11.7. The van der Waals surface area contributed by atoms with Crippen LogP contribution in [-0.2, 0) is 4.74 Å². The van der Waals surface area contributed by atoms with Crippen LogP contribution in [0.3, 0.4) is 0 Å². The Morgan fingerprint density at radius 2 is 1.89 bits per heavy atom. The fourth-order valence-electron chi connectivity index (χ4n) is 1.04. The number of amides is 1. The monoisotopic (exact) mass is 263 g/mol. The highest BCUT2D eigenvalue weighted by molar-refractivity contribution is 5.70. The van der Waals surface area contributed by atoms with Crippen molar-refractivity contribution in [2.24, 2.45) is 0 Å². The summed E-state index contributed by atoms with van der Waals surface area (Å²) in [6.07, 6.45) is -5.10. The highest BCUT2D eigenvalue weighted by Crippen LogP contribution is 2.14. The average molecular weight is 263 g/mol. The molecule has 0 spiro atoms. The third kappa shape index (κ3) is 6.74. The zero-order valence-electron chi connectivity index (χ0n) is 9.37. The Labute approximate surface area is 102 Å². The van der Waals surface area contributed by atoms with E-state index in [0.717, 1.165) is 0 Å². The number of carbonyl (C=O) groups excluding carboxylic acids is 1. The van der Waals surface area contributed by atoms with Gasteiger partial charge in [-0.3, -0.25) is 0 Å². The molecule has 0 aliphatic carbocycles. The minimum Gasteiger partial charge on any atom is -0.410 e. The van der Waals surface area contributed by atoms with E-state index in [-0.39, 0.29) is 13.2 Å². The zero-order chi connectivity index (χ0) is 13.4. The van der Waals surface area contributed by atoms with Crippen molar-refractivity contribution < 1.29 is 27.4 Å². The van der Waals surface area contributed by atoms with Gasteiger partial charge in [0.2, 0.25) is 0 Å². The minimum absolute atomic E-state index is 0.0538. The van der Waals surface area contributed by atoms with E-state index in [0.29, 0.717) is 5.75 Å². The summed E-state index contributed by atoms with van der Waals surface area (Å²) in [7, 11) is 0. The van der Waals surface area contributed by atoms with Crippen LogP contribution in [-0.4, -0.2) is 32.0 Å². The van der Waals surface area contributed by atoms with Crippen molar-refractivity contribution in [3.8, 4) is 5.75 Å². The molecule has 7 heteroatoms. The summed E-state index contributed by atoms with van der Waals surface area (Å²) in [5, 5.41) is 2.26. The summed E-state index contributed by atoms with van der Waals surface area (Å²) in [4.78, 5) is 11.2. The fraction of sp³-hybridized carbons (Fsp3) is 0.364. The molecule has 0 unspecified atom stereocenters. The van der Waals surface area contributed by atoms with Crippen molar-refractivity contribution in [1.29, 1.82) is 0 Å². The average Bonchev–Trinajstić information content (AvgIpc) is 2.28. The van der Waals surface area contributed by atoms with E-state index < -0.39 is 18.9 Å². The zero-order valence-corrected chi connectivity index (χ0v) is 9.37. The predicted molar refractivity (Wildman–Crippen MR) is 57.3 cm³/mol. The predicted octanol–water partition coefficient (Wildman–Crippen LogP) is 2.35. The van der Waals surface area contributed by atoms with Gasteiger partial charge in [0.25, 0.3) is 0 Å². The molecule has 0 fully saturated rings. The number of alkyl halides is 3. The summed E-state index contributed by atoms with van der Waals surface area (Å²) >= 11 is 0. The van der Waals surface area contributed by atoms with Crippen LogP contribution in [0.4, 0.5) is 18.0 Å². The molecule has 0 aliphatic heterocycles. The third-order valence-corrected chi connectivity index (χ3v) is 1.74. The van der Waals surface area contributed by atoms with E-state index in [1.165, 1.54) is 0 Å². The Morgan fingerprint density at radius 3 is 2.50 bits per heavy atom. The molecular formula is C11H12F3NO3. The number of benzene rings is 1. The summed E-state index contributed by atoms with van der Waals surface area (Å²) in [6, 6.07) is 8.30. The van der Waals surface area contributed by atoms with Crippen molar-refractivity contribution >= 4 is 6.09 Å². The summed E-state index contributed by atoms with van der Waals surface area (Å²) in [5.74, 6) is 0.353. The second-order valence-corrected chi connectivity index (χ2v) is 3.30. The quantitative estimate of drug-likeness (QED) is 0.829. The van der Waals surface area contributed by atoms with Gasteiger partial charge in [-0.05, 0) is 12.1 Å². The molecule has 100 valence electrons. The normalized spacial score (nSPS) is 11.1. The Morgan fingerprint density at radius 1 is 1.22 bits per heavy atom. The number of ether oxygens (including phenoxy) is 2. The summed E-state index contributed by atoms with van der Waals surface area (Å²) < 4.78 is 44.2. The highest BCUT2D eigenvalue weighted by atomic mass is 19.4.